The number of pyridine rings is 2. The summed E-state index contributed by atoms with van der Waals surface area (Å²) >= 11 is 0. The van der Waals surface area contributed by atoms with Gasteiger partial charge in [0, 0.05) is 24.8 Å². The summed E-state index contributed by atoms with van der Waals surface area (Å²) in [6.45, 7) is 3.24. The van der Waals surface area contributed by atoms with Gasteiger partial charge in [-0.2, -0.15) is 0 Å². The summed E-state index contributed by atoms with van der Waals surface area (Å²) in [6, 6.07) is 11.4. The minimum atomic E-state index is -1.14. The molecular formula is C18H23CuN2O5+. The summed E-state index contributed by atoms with van der Waals surface area (Å²) in [5.74, 6) is -2.28. The molecule has 26 heavy (non-hydrogen) atoms. The molecule has 2 aromatic rings. The first-order valence-electron chi connectivity index (χ1n) is 6.91. The van der Waals surface area contributed by atoms with E-state index < -0.39 is 11.9 Å². The number of aliphatic carboxylic acids is 2. The van der Waals surface area contributed by atoms with Gasteiger partial charge in [0.05, 0.1) is 11.9 Å². The zero-order valence-electron chi connectivity index (χ0n) is 14.5. The smallest absolute Gasteiger partial charge is 0.545 e. The second kappa shape index (κ2) is 27.1. The summed E-state index contributed by atoms with van der Waals surface area (Å²) in [7, 11) is 0. The van der Waals surface area contributed by atoms with Crippen molar-refractivity contribution in [3.63, 3.8) is 0 Å². The van der Waals surface area contributed by atoms with E-state index in [2.05, 4.69) is 9.97 Å². The normalized spacial score (nSPS) is 8.08. The minimum Gasteiger partial charge on any atom is -0.545 e. The van der Waals surface area contributed by atoms with E-state index in [1.807, 2.05) is 36.4 Å². The molecule has 0 spiro atoms. The molecule has 7 nitrogen and oxygen atoms in total. The maximum absolute atomic E-state index is 9.40. The first kappa shape index (κ1) is 31.0. The van der Waals surface area contributed by atoms with E-state index in [1.54, 1.807) is 38.6 Å². The Hall–Kier alpha value is -2.80. The van der Waals surface area contributed by atoms with Crippen molar-refractivity contribution < 1.29 is 42.3 Å². The number of hydrogen-bond acceptors (Lipinski definition) is 6. The van der Waals surface area contributed by atoms with Crippen molar-refractivity contribution in [1.29, 1.82) is 0 Å². The number of carbonyl (C=O) groups excluding carboxylic acids is 2. The molecule has 0 aromatic carbocycles. The third kappa shape index (κ3) is 37.4. The largest absolute Gasteiger partial charge is 2.00 e. The molecule has 2 aromatic heterocycles. The van der Waals surface area contributed by atoms with Crippen molar-refractivity contribution in [2.45, 2.75) is 13.8 Å². The van der Waals surface area contributed by atoms with Gasteiger partial charge in [-0.3, -0.25) is 9.97 Å². The molecule has 0 aliphatic carbocycles. The summed E-state index contributed by atoms with van der Waals surface area (Å²) in [5.41, 5.74) is 0. The second-order valence-corrected chi connectivity index (χ2v) is 3.69. The molecule has 0 aliphatic rings. The number of carboxylic acid groups (broad SMARTS) is 2. The van der Waals surface area contributed by atoms with Crippen LogP contribution in [0.1, 0.15) is 13.8 Å². The van der Waals surface area contributed by atoms with E-state index in [9.17, 15) is 19.8 Å². The Bertz CT molecular complexity index is 472. The summed E-state index contributed by atoms with van der Waals surface area (Å²) < 4.78 is 0. The van der Waals surface area contributed by atoms with E-state index in [1.165, 1.54) is 12.2 Å². The first-order valence-corrected chi connectivity index (χ1v) is 6.91. The number of nitrogens with zero attached hydrogens (tertiary/aromatic N) is 2. The number of carbonyl (C=O) groups is 2. The SMILES string of the molecule is C/C=C/C(=O)[O-].C/C=C/C(=O)[O-].[Cu+2].[OH3+].c1ccncc1.c1ccncc1. The van der Waals surface area contributed by atoms with Crippen molar-refractivity contribution in [2.24, 2.45) is 0 Å². The van der Waals surface area contributed by atoms with Gasteiger partial charge in [-0.25, -0.2) is 0 Å². The molecule has 0 bridgehead atoms. The maximum Gasteiger partial charge on any atom is 2.00 e. The first-order chi connectivity index (χ1) is 11.5. The van der Waals surface area contributed by atoms with Crippen LogP contribution in [0.4, 0.5) is 0 Å². The maximum atomic E-state index is 9.40. The molecular weight excluding hydrogens is 388 g/mol. The quantitative estimate of drug-likeness (QED) is 0.383. The molecule has 0 amide bonds. The van der Waals surface area contributed by atoms with Crippen LogP contribution in [0, 0.1) is 0 Å². The summed E-state index contributed by atoms with van der Waals surface area (Å²) in [4.78, 5) is 26.4. The van der Waals surface area contributed by atoms with Gasteiger partial charge >= 0.3 is 17.1 Å². The molecule has 0 saturated carbocycles. The van der Waals surface area contributed by atoms with Crippen molar-refractivity contribution in [1.82, 2.24) is 9.97 Å². The van der Waals surface area contributed by atoms with Gasteiger partial charge in [0.15, 0.2) is 0 Å². The Balaban J connectivity index is -0.000000121. The van der Waals surface area contributed by atoms with Crippen LogP contribution in [0.2, 0.25) is 0 Å². The molecule has 3 N–H and O–H groups in total. The number of allylic oxidation sites excluding steroid dienone is 2. The van der Waals surface area contributed by atoms with Crippen LogP contribution in [-0.2, 0) is 32.1 Å². The van der Waals surface area contributed by atoms with Crippen LogP contribution in [0.25, 0.3) is 0 Å². The Morgan fingerprint density at radius 1 is 0.692 bits per heavy atom. The third-order valence-corrected chi connectivity index (χ3v) is 1.74. The van der Waals surface area contributed by atoms with Crippen LogP contribution in [-0.4, -0.2) is 21.9 Å². The standard InChI is InChI=1S/2C5H5N.2C4H6O2.Cu.H2O/c2*1-2-4-6-5-3-1;2*1-2-3-4(5)6;;/h2*1-5H;2*2-3H,1H3,(H,5,6);;1H2/q;;;;+2;/p-1/b;;2*3-2+;;. The molecule has 0 atom stereocenters. The van der Waals surface area contributed by atoms with E-state index >= 15 is 0 Å². The fourth-order valence-electron chi connectivity index (χ4n) is 0.897. The van der Waals surface area contributed by atoms with E-state index in [4.69, 9.17) is 0 Å². The molecule has 0 unspecified atom stereocenters. The fraction of sp³-hybridized carbons (Fsp3) is 0.111. The minimum absolute atomic E-state index is 0. The van der Waals surface area contributed by atoms with Gasteiger partial charge < -0.3 is 25.3 Å². The van der Waals surface area contributed by atoms with E-state index in [0.29, 0.717) is 0 Å². The number of hydrogen-bond donors (Lipinski definition) is 0. The molecule has 0 aliphatic heterocycles. The Morgan fingerprint density at radius 3 is 1.00 bits per heavy atom. The summed E-state index contributed by atoms with van der Waals surface area (Å²) in [6.07, 6.45) is 11.8. The number of carboxylic acids is 2. The van der Waals surface area contributed by atoms with Gasteiger partial charge in [-0.1, -0.05) is 24.3 Å². The molecule has 2 rings (SSSR count). The van der Waals surface area contributed by atoms with Crippen LogP contribution < -0.4 is 10.2 Å². The molecule has 8 heteroatoms. The summed E-state index contributed by atoms with van der Waals surface area (Å²) in [5, 5.41) is 18.8. The van der Waals surface area contributed by atoms with Crippen molar-refractivity contribution >= 4 is 11.9 Å². The topological polar surface area (TPSA) is 139 Å². The van der Waals surface area contributed by atoms with E-state index in [0.717, 1.165) is 12.2 Å². The zero-order valence-corrected chi connectivity index (χ0v) is 15.4. The number of aromatic nitrogens is 2. The number of rotatable bonds is 2. The average Bonchev–Trinajstić information content (AvgIpc) is 2.59. The Morgan fingerprint density at radius 2 is 0.962 bits per heavy atom. The molecule has 1 radical (unpaired) electrons. The average molecular weight is 411 g/mol. The van der Waals surface area contributed by atoms with Crippen molar-refractivity contribution in [2.75, 3.05) is 0 Å². The second-order valence-electron chi connectivity index (χ2n) is 3.69. The van der Waals surface area contributed by atoms with Gasteiger partial charge in [-0.05, 0) is 50.3 Å². The molecule has 145 valence electrons. The van der Waals surface area contributed by atoms with Crippen LogP contribution in [0.15, 0.2) is 85.5 Å². The fourth-order valence-corrected chi connectivity index (χ4v) is 0.897. The van der Waals surface area contributed by atoms with Gasteiger partial charge in [-0.15, -0.1) is 0 Å². The Kier molecular flexibility index (Phi) is 32.3. The predicted molar refractivity (Wildman–Crippen MR) is 93.0 cm³/mol. The zero-order chi connectivity index (χ0) is 18.5. The van der Waals surface area contributed by atoms with Crippen LogP contribution in [0.3, 0.4) is 0 Å². The Labute approximate surface area is 163 Å². The van der Waals surface area contributed by atoms with Gasteiger partial charge in [0.1, 0.15) is 0 Å². The van der Waals surface area contributed by atoms with Crippen LogP contribution in [0.5, 0.6) is 0 Å². The third-order valence-electron chi connectivity index (χ3n) is 1.74. The monoisotopic (exact) mass is 410 g/mol. The molecule has 0 saturated heterocycles. The van der Waals surface area contributed by atoms with Crippen molar-refractivity contribution in [3.8, 4) is 0 Å². The molecule has 0 fully saturated rings. The molecule has 2 heterocycles. The van der Waals surface area contributed by atoms with Gasteiger partial charge in [0.2, 0.25) is 0 Å². The van der Waals surface area contributed by atoms with E-state index in [-0.39, 0.29) is 22.5 Å². The van der Waals surface area contributed by atoms with Gasteiger partial charge in [0.25, 0.3) is 0 Å². The van der Waals surface area contributed by atoms with Crippen LogP contribution >= 0.6 is 0 Å². The predicted octanol–water partition coefficient (Wildman–Crippen LogP) is -0.136. The van der Waals surface area contributed by atoms with Crippen molar-refractivity contribution in [3.05, 3.63) is 85.5 Å².